The monoisotopic (exact) mass is 720 g/mol. The highest BCUT2D eigenvalue weighted by Crippen LogP contribution is 2.37. The number of aromatic amines is 1. The van der Waals surface area contributed by atoms with E-state index in [4.69, 9.17) is 4.98 Å². The molecule has 0 spiro atoms. The molecular weight excluding hydrogens is 677 g/mol. The highest BCUT2D eigenvalue weighted by atomic mass is 32.2. The first kappa shape index (κ1) is 35.5. The minimum atomic E-state index is -4.13. The molecule has 0 unspecified atom stereocenters. The molecule has 1 aliphatic heterocycles. The maximum absolute atomic E-state index is 14.5. The first-order chi connectivity index (χ1) is 24.7. The van der Waals surface area contributed by atoms with Gasteiger partial charge in [-0.2, -0.15) is 0 Å². The molecule has 0 bridgehead atoms. The third-order valence-electron chi connectivity index (χ3n) is 10.3. The number of aromatic nitrogens is 3. The van der Waals surface area contributed by atoms with Crippen molar-refractivity contribution in [2.45, 2.75) is 68.5 Å². The van der Waals surface area contributed by atoms with Crippen LogP contribution in [0.5, 0.6) is 0 Å². The van der Waals surface area contributed by atoms with E-state index in [1.54, 1.807) is 32.4 Å². The smallest absolute Gasteiger partial charge is 0.253 e. The van der Waals surface area contributed by atoms with E-state index >= 15 is 0 Å². The summed E-state index contributed by atoms with van der Waals surface area (Å²) < 4.78 is 29.0. The van der Waals surface area contributed by atoms with Crippen molar-refractivity contribution < 1.29 is 23.1 Å². The molecule has 0 saturated heterocycles. The first-order valence-corrected chi connectivity index (χ1v) is 19.1. The van der Waals surface area contributed by atoms with Gasteiger partial charge in [0.05, 0.1) is 16.7 Å². The van der Waals surface area contributed by atoms with E-state index in [2.05, 4.69) is 39.2 Å². The number of aliphatic hydroxyl groups is 1. The van der Waals surface area contributed by atoms with Gasteiger partial charge in [0.15, 0.2) is 10.7 Å². The van der Waals surface area contributed by atoms with E-state index in [0.717, 1.165) is 59.2 Å². The van der Waals surface area contributed by atoms with Crippen LogP contribution < -0.4 is 5.32 Å². The van der Waals surface area contributed by atoms with E-state index in [9.17, 15) is 23.1 Å². The second-order valence-corrected chi connectivity index (χ2v) is 16.4. The number of H-pyrrole nitrogens is 1. The van der Waals surface area contributed by atoms with E-state index in [-0.39, 0.29) is 21.7 Å². The molecule has 52 heavy (non-hydrogen) atoms. The lowest BCUT2D eigenvalue weighted by molar-refractivity contribution is -0.122. The lowest BCUT2D eigenvalue weighted by Crippen LogP contribution is -2.37. The average Bonchev–Trinajstić information content (AvgIpc) is 3.71. The van der Waals surface area contributed by atoms with Gasteiger partial charge < -0.3 is 20.3 Å². The van der Waals surface area contributed by atoms with Crippen molar-refractivity contribution in [1.82, 2.24) is 30.1 Å². The Balaban J connectivity index is 1.18. The summed E-state index contributed by atoms with van der Waals surface area (Å²) in [4.78, 5) is 41.3. The van der Waals surface area contributed by atoms with Gasteiger partial charge in [-0.3, -0.25) is 14.5 Å². The summed E-state index contributed by atoms with van der Waals surface area (Å²) in [6, 6.07) is 15.1. The topological polar surface area (TPSA) is 149 Å². The summed E-state index contributed by atoms with van der Waals surface area (Å²) in [5.74, 6) is -0.162. The number of amides is 2. The molecule has 7 rings (SSSR count). The average molecular weight is 721 g/mol. The first-order valence-electron chi connectivity index (χ1n) is 17.6. The lowest BCUT2D eigenvalue weighted by Gasteiger charge is -2.30. The van der Waals surface area contributed by atoms with Crippen molar-refractivity contribution in [1.29, 1.82) is 0 Å². The van der Waals surface area contributed by atoms with Gasteiger partial charge in [0, 0.05) is 69.6 Å². The van der Waals surface area contributed by atoms with E-state index in [0.29, 0.717) is 53.9 Å². The Morgan fingerprint density at radius 1 is 1.00 bits per heavy atom. The van der Waals surface area contributed by atoms with Crippen molar-refractivity contribution in [2.24, 2.45) is 0 Å². The lowest BCUT2D eigenvalue weighted by atomic mass is 9.90. The quantitative estimate of drug-likeness (QED) is 0.180. The minimum Gasteiger partial charge on any atom is -0.388 e. The summed E-state index contributed by atoms with van der Waals surface area (Å²) in [5.41, 5.74) is 8.66. The number of nitrogens with one attached hydrogen (secondary N) is 2. The van der Waals surface area contributed by atoms with Gasteiger partial charge in [-0.15, -0.1) is 0 Å². The number of fused-ring (bicyclic) bond motifs is 2. The van der Waals surface area contributed by atoms with E-state index in [1.165, 1.54) is 16.7 Å². The minimum absolute atomic E-state index is 0.0666. The Kier molecular flexibility index (Phi) is 9.26. The second kappa shape index (κ2) is 13.6. The summed E-state index contributed by atoms with van der Waals surface area (Å²) in [6.07, 6.45) is 5.70. The summed E-state index contributed by atoms with van der Waals surface area (Å²) in [5, 5.41) is 12.7. The third kappa shape index (κ3) is 6.98. The van der Waals surface area contributed by atoms with Crippen LogP contribution in [0.4, 0.5) is 0 Å². The highest BCUT2D eigenvalue weighted by molar-refractivity contribution is 7.91. The van der Waals surface area contributed by atoms with Gasteiger partial charge in [0.1, 0.15) is 5.52 Å². The van der Waals surface area contributed by atoms with Gasteiger partial charge in [-0.25, -0.2) is 18.4 Å². The fourth-order valence-electron chi connectivity index (χ4n) is 7.00. The number of hydrogen-bond donors (Lipinski definition) is 3. The molecule has 2 aliphatic rings. The van der Waals surface area contributed by atoms with E-state index < -0.39 is 15.4 Å². The van der Waals surface area contributed by atoms with Gasteiger partial charge in [0.2, 0.25) is 15.7 Å². The van der Waals surface area contributed by atoms with Crippen LogP contribution in [-0.2, 0) is 27.6 Å². The maximum Gasteiger partial charge on any atom is 0.253 e. The molecule has 5 aromatic rings. The fraction of sp³-hybridized carbons (Fsp3) is 0.350. The Bertz CT molecular complexity index is 2340. The zero-order valence-electron chi connectivity index (χ0n) is 30.2. The molecular formula is C40H44N6O5S. The Morgan fingerprint density at radius 3 is 2.50 bits per heavy atom. The van der Waals surface area contributed by atoms with Crippen molar-refractivity contribution in [3.8, 4) is 22.3 Å². The Hall–Kier alpha value is -4.91. The number of sulfone groups is 1. The summed E-state index contributed by atoms with van der Waals surface area (Å²) >= 11 is 0. The van der Waals surface area contributed by atoms with E-state index in [1.807, 2.05) is 38.1 Å². The number of nitrogens with zero attached hydrogens (tertiary/aromatic N) is 4. The molecule has 1 fully saturated rings. The molecule has 3 heterocycles. The normalized spacial score (nSPS) is 15.3. The number of carbonyl (C=O) groups excluding carboxylic acids is 2. The van der Waals surface area contributed by atoms with Crippen molar-refractivity contribution in [3.05, 3.63) is 94.3 Å². The number of carbonyl (C=O) groups is 2. The molecule has 3 N–H and O–H groups in total. The molecule has 3 aromatic carbocycles. The van der Waals surface area contributed by atoms with Crippen LogP contribution in [0.25, 0.3) is 33.4 Å². The van der Waals surface area contributed by atoms with Crippen molar-refractivity contribution in [3.63, 3.8) is 0 Å². The van der Waals surface area contributed by atoms with Crippen molar-refractivity contribution in [2.75, 3.05) is 33.7 Å². The summed E-state index contributed by atoms with van der Waals surface area (Å²) in [7, 11) is -0.708. The van der Waals surface area contributed by atoms with Crippen LogP contribution in [0.2, 0.25) is 0 Å². The third-order valence-corrected chi connectivity index (χ3v) is 11.9. The maximum atomic E-state index is 14.5. The number of aryl methyl sites for hydroxylation is 3. The molecule has 270 valence electrons. The zero-order valence-corrected chi connectivity index (χ0v) is 31.0. The summed E-state index contributed by atoms with van der Waals surface area (Å²) in [6.45, 7) is 8.18. The predicted octanol–water partition coefficient (Wildman–Crippen LogP) is 5.14. The van der Waals surface area contributed by atoms with Gasteiger partial charge in [-0.05, 0) is 97.2 Å². The van der Waals surface area contributed by atoms with Crippen LogP contribution >= 0.6 is 0 Å². The molecule has 2 aromatic heterocycles. The standard InChI is InChI=1S/C40H44N6O5S/c1-24-6-8-32(28-18-25(2)30-10-14-46(22-29(30)19-28)15-11-35(47)43-23-40(49)12-13-40)34(16-24)52(50,51)36-21-42-38-37(44-36)33(20-41-38)27-7-9-31(26(3)17-27)39(48)45(4)5/h6-9,16-21,49H,10-15,22-23H2,1-5H3,(H,41,42)(H,43,47). The van der Waals surface area contributed by atoms with Gasteiger partial charge in [-0.1, -0.05) is 30.3 Å². The van der Waals surface area contributed by atoms with Crippen LogP contribution in [0, 0.1) is 20.8 Å². The number of benzene rings is 3. The Labute approximate surface area is 304 Å². The van der Waals surface area contributed by atoms with Crippen LogP contribution in [-0.4, -0.2) is 89.4 Å². The predicted molar refractivity (Wildman–Crippen MR) is 200 cm³/mol. The fourth-order valence-corrected chi connectivity index (χ4v) is 8.44. The largest absolute Gasteiger partial charge is 0.388 e. The SMILES string of the molecule is Cc1ccc(-c2cc(C)c3c(c2)CN(CCC(=O)NCC2(O)CC2)CC3)c(S(=O)(=O)c2cnc3[nH]cc(-c4ccc(C(=O)N(C)C)c(C)c4)c3n2)c1. The van der Waals surface area contributed by atoms with Crippen LogP contribution in [0.15, 0.2) is 70.8 Å². The number of rotatable bonds is 10. The zero-order chi connectivity index (χ0) is 36.9. The molecule has 1 aliphatic carbocycles. The van der Waals surface area contributed by atoms with Crippen LogP contribution in [0.1, 0.15) is 57.4 Å². The van der Waals surface area contributed by atoms with Crippen LogP contribution in [0.3, 0.4) is 0 Å². The van der Waals surface area contributed by atoms with Gasteiger partial charge >= 0.3 is 0 Å². The highest BCUT2D eigenvalue weighted by Gasteiger charge is 2.40. The molecule has 12 heteroatoms. The molecule has 0 radical (unpaired) electrons. The van der Waals surface area contributed by atoms with Gasteiger partial charge in [0.25, 0.3) is 5.91 Å². The van der Waals surface area contributed by atoms with Crippen molar-refractivity contribution >= 4 is 32.8 Å². The molecule has 2 amide bonds. The molecule has 0 atom stereocenters. The number of hydrogen-bond acceptors (Lipinski definition) is 8. The molecule has 1 saturated carbocycles. The Morgan fingerprint density at radius 2 is 1.77 bits per heavy atom. The second-order valence-electron chi connectivity index (χ2n) is 14.5. The molecule has 11 nitrogen and oxygen atoms in total.